The smallest absolute Gasteiger partial charge is 0.393 e. The highest BCUT2D eigenvalue weighted by Crippen LogP contribution is 2.39. The van der Waals surface area contributed by atoms with Gasteiger partial charge in [-0.1, -0.05) is 0 Å². The van der Waals surface area contributed by atoms with Gasteiger partial charge in [0.25, 0.3) is 0 Å². The summed E-state index contributed by atoms with van der Waals surface area (Å²) in [6.45, 7) is -0.549. The SMILES string of the molecule is OCC1(OC(F)(F)F)CCC1. The van der Waals surface area contributed by atoms with Gasteiger partial charge in [0.15, 0.2) is 0 Å². The van der Waals surface area contributed by atoms with E-state index in [1.54, 1.807) is 0 Å². The molecule has 66 valence electrons. The molecule has 0 radical (unpaired) electrons. The summed E-state index contributed by atoms with van der Waals surface area (Å²) < 4.78 is 38.6. The Bertz CT molecular complexity index is 134. The molecule has 0 unspecified atom stereocenters. The Morgan fingerprint density at radius 2 is 1.91 bits per heavy atom. The molecular weight excluding hydrogens is 161 g/mol. The van der Waals surface area contributed by atoms with E-state index < -0.39 is 18.6 Å². The summed E-state index contributed by atoms with van der Waals surface area (Å²) in [7, 11) is 0. The van der Waals surface area contributed by atoms with Crippen LogP contribution in [0.4, 0.5) is 13.2 Å². The molecule has 0 aromatic heterocycles. The van der Waals surface area contributed by atoms with Crippen molar-refractivity contribution in [1.82, 2.24) is 0 Å². The van der Waals surface area contributed by atoms with Crippen LogP contribution in [-0.4, -0.2) is 23.7 Å². The van der Waals surface area contributed by atoms with Crippen molar-refractivity contribution in [2.24, 2.45) is 0 Å². The fraction of sp³-hybridized carbons (Fsp3) is 1.00. The first-order valence-electron chi connectivity index (χ1n) is 3.35. The number of ether oxygens (including phenoxy) is 1. The Hall–Kier alpha value is -0.290. The summed E-state index contributed by atoms with van der Waals surface area (Å²) in [5, 5.41) is 8.57. The molecule has 0 amide bonds. The zero-order chi connectivity index (χ0) is 8.54. The summed E-state index contributed by atoms with van der Waals surface area (Å²) in [6, 6.07) is 0. The average Bonchev–Trinajstić information content (AvgIpc) is 1.77. The summed E-state index contributed by atoms with van der Waals surface area (Å²) in [5.74, 6) is 0. The van der Waals surface area contributed by atoms with Crippen LogP contribution in [0.15, 0.2) is 0 Å². The fourth-order valence-electron chi connectivity index (χ4n) is 1.11. The van der Waals surface area contributed by atoms with Crippen LogP contribution in [-0.2, 0) is 4.74 Å². The van der Waals surface area contributed by atoms with Crippen molar-refractivity contribution in [1.29, 1.82) is 0 Å². The minimum atomic E-state index is -4.62. The maximum atomic E-state index is 11.6. The van der Waals surface area contributed by atoms with Crippen molar-refractivity contribution in [3.8, 4) is 0 Å². The maximum absolute atomic E-state index is 11.6. The summed E-state index contributed by atoms with van der Waals surface area (Å²) in [4.78, 5) is 0. The lowest BCUT2D eigenvalue weighted by atomic mass is 9.81. The molecule has 0 atom stereocenters. The first-order chi connectivity index (χ1) is 4.97. The van der Waals surface area contributed by atoms with Crippen LogP contribution in [0, 0.1) is 0 Å². The molecule has 1 fully saturated rings. The number of aliphatic hydroxyl groups excluding tert-OH is 1. The van der Waals surface area contributed by atoms with Gasteiger partial charge >= 0.3 is 6.36 Å². The molecule has 0 aliphatic heterocycles. The molecule has 1 aliphatic rings. The van der Waals surface area contributed by atoms with E-state index in [1.807, 2.05) is 0 Å². The van der Waals surface area contributed by atoms with E-state index in [-0.39, 0.29) is 0 Å². The van der Waals surface area contributed by atoms with Crippen LogP contribution in [0.25, 0.3) is 0 Å². The Kier molecular flexibility index (Phi) is 2.11. The Morgan fingerprint density at radius 3 is 2.00 bits per heavy atom. The van der Waals surface area contributed by atoms with Gasteiger partial charge in [0.1, 0.15) is 5.60 Å². The third-order valence-electron chi connectivity index (χ3n) is 1.89. The highest BCUT2D eigenvalue weighted by Gasteiger charge is 2.47. The van der Waals surface area contributed by atoms with Crippen LogP contribution in [0.3, 0.4) is 0 Å². The maximum Gasteiger partial charge on any atom is 0.523 e. The van der Waals surface area contributed by atoms with Gasteiger partial charge in [-0.15, -0.1) is 13.2 Å². The number of rotatable bonds is 2. The van der Waals surface area contributed by atoms with Crippen LogP contribution < -0.4 is 0 Å². The summed E-state index contributed by atoms with van der Waals surface area (Å²) in [6.07, 6.45) is -3.34. The predicted molar refractivity (Wildman–Crippen MR) is 30.8 cm³/mol. The first-order valence-corrected chi connectivity index (χ1v) is 3.35. The first kappa shape index (κ1) is 8.80. The van der Waals surface area contributed by atoms with E-state index in [2.05, 4.69) is 4.74 Å². The molecule has 1 N–H and O–H groups in total. The fourth-order valence-corrected chi connectivity index (χ4v) is 1.11. The van der Waals surface area contributed by atoms with E-state index in [0.717, 1.165) is 0 Å². The zero-order valence-electron chi connectivity index (χ0n) is 5.82. The second kappa shape index (κ2) is 2.64. The third-order valence-corrected chi connectivity index (χ3v) is 1.89. The number of aliphatic hydroxyl groups is 1. The van der Waals surface area contributed by atoms with Gasteiger partial charge in [-0.3, -0.25) is 4.74 Å². The van der Waals surface area contributed by atoms with Crippen molar-refractivity contribution in [3.05, 3.63) is 0 Å². The highest BCUT2D eigenvalue weighted by molar-refractivity contribution is 4.89. The van der Waals surface area contributed by atoms with Gasteiger partial charge in [-0.2, -0.15) is 0 Å². The van der Waals surface area contributed by atoms with E-state index >= 15 is 0 Å². The largest absolute Gasteiger partial charge is 0.523 e. The van der Waals surface area contributed by atoms with Crippen LogP contribution in [0.2, 0.25) is 0 Å². The lowest BCUT2D eigenvalue weighted by molar-refractivity contribution is -0.382. The van der Waals surface area contributed by atoms with Crippen LogP contribution in [0.5, 0.6) is 0 Å². The Balaban J connectivity index is 2.45. The van der Waals surface area contributed by atoms with Gasteiger partial charge in [0, 0.05) is 0 Å². The van der Waals surface area contributed by atoms with Gasteiger partial charge in [-0.25, -0.2) is 0 Å². The molecule has 0 bridgehead atoms. The summed E-state index contributed by atoms with van der Waals surface area (Å²) in [5.41, 5.74) is -1.32. The summed E-state index contributed by atoms with van der Waals surface area (Å²) >= 11 is 0. The lowest BCUT2D eigenvalue weighted by Crippen LogP contribution is -2.47. The normalized spacial score (nSPS) is 22.9. The minimum Gasteiger partial charge on any atom is -0.393 e. The molecule has 0 heterocycles. The number of hydrogen-bond donors (Lipinski definition) is 1. The molecule has 0 saturated heterocycles. The minimum absolute atomic E-state index is 0.295. The molecule has 1 rings (SSSR count). The Labute approximate surface area is 62.0 Å². The highest BCUT2D eigenvalue weighted by atomic mass is 19.4. The average molecular weight is 170 g/mol. The molecule has 0 aromatic rings. The van der Waals surface area contributed by atoms with Crippen molar-refractivity contribution in [2.75, 3.05) is 6.61 Å². The van der Waals surface area contributed by atoms with Crippen molar-refractivity contribution in [2.45, 2.75) is 31.2 Å². The monoisotopic (exact) mass is 170 g/mol. The second-order valence-electron chi connectivity index (χ2n) is 2.74. The van der Waals surface area contributed by atoms with E-state index in [9.17, 15) is 13.2 Å². The van der Waals surface area contributed by atoms with Gasteiger partial charge in [0.05, 0.1) is 6.61 Å². The van der Waals surface area contributed by atoms with E-state index in [1.165, 1.54) is 0 Å². The number of alkyl halides is 3. The van der Waals surface area contributed by atoms with E-state index in [4.69, 9.17) is 5.11 Å². The van der Waals surface area contributed by atoms with Crippen molar-refractivity contribution >= 4 is 0 Å². The molecule has 0 spiro atoms. The molecule has 0 aromatic carbocycles. The second-order valence-corrected chi connectivity index (χ2v) is 2.74. The molecule has 5 heteroatoms. The van der Waals surface area contributed by atoms with Crippen LogP contribution >= 0.6 is 0 Å². The Morgan fingerprint density at radius 1 is 1.36 bits per heavy atom. The van der Waals surface area contributed by atoms with Crippen LogP contribution in [0.1, 0.15) is 19.3 Å². The van der Waals surface area contributed by atoms with Crippen molar-refractivity contribution in [3.63, 3.8) is 0 Å². The van der Waals surface area contributed by atoms with Gasteiger partial charge in [-0.05, 0) is 19.3 Å². The van der Waals surface area contributed by atoms with Gasteiger partial charge < -0.3 is 5.11 Å². The molecule has 1 aliphatic carbocycles. The quantitative estimate of drug-likeness (QED) is 0.679. The number of halogens is 3. The third kappa shape index (κ3) is 2.07. The molecule has 11 heavy (non-hydrogen) atoms. The lowest BCUT2D eigenvalue weighted by Gasteiger charge is -2.39. The number of hydrogen-bond acceptors (Lipinski definition) is 2. The molecular formula is C6H9F3O2. The molecule has 2 nitrogen and oxygen atoms in total. The standard InChI is InChI=1S/C6H9F3O2/c7-6(8,9)11-5(4-10)2-1-3-5/h10H,1-4H2. The van der Waals surface area contributed by atoms with Crippen molar-refractivity contribution < 1.29 is 23.0 Å². The topological polar surface area (TPSA) is 29.5 Å². The zero-order valence-corrected chi connectivity index (χ0v) is 5.82. The van der Waals surface area contributed by atoms with Gasteiger partial charge in [0.2, 0.25) is 0 Å². The van der Waals surface area contributed by atoms with E-state index in [0.29, 0.717) is 19.3 Å². The predicted octanol–water partition coefficient (Wildman–Crippen LogP) is 1.44. The molecule has 1 saturated carbocycles.